The zero-order valence-corrected chi connectivity index (χ0v) is 13.2. The van der Waals surface area contributed by atoms with Gasteiger partial charge in [-0.3, -0.25) is 14.5 Å². The Morgan fingerprint density at radius 3 is 2.40 bits per heavy atom. The molecule has 20 heavy (non-hydrogen) atoms. The molecule has 8 heteroatoms. The fourth-order valence-corrected chi connectivity index (χ4v) is 5.01. The van der Waals surface area contributed by atoms with E-state index in [2.05, 4.69) is 0 Å². The highest BCUT2D eigenvalue weighted by Gasteiger charge is 2.38. The van der Waals surface area contributed by atoms with E-state index in [0.717, 1.165) is 18.2 Å². The number of carbonyl (C=O) groups excluding carboxylic acids is 2. The third kappa shape index (κ3) is 3.35. The second-order valence-electron chi connectivity index (χ2n) is 5.12. The molecule has 0 bridgehead atoms. The maximum Gasteiger partial charge on any atom is 0.289 e. The smallest absolute Gasteiger partial charge is 0.273 e. The van der Waals surface area contributed by atoms with Crippen LogP contribution < -0.4 is 0 Å². The number of hydrogen-bond donors (Lipinski definition) is 0. The highest BCUT2D eigenvalue weighted by atomic mass is 32.2. The van der Waals surface area contributed by atoms with Gasteiger partial charge >= 0.3 is 0 Å². The molecule has 0 aromatic heterocycles. The molecule has 2 fully saturated rings. The van der Waals surface area contributed by atoms with Gasteiger partial charge in [0.05, 0.1) is 11.5 Å². The van der Waals surface area contributed by atoms with Crippen LogP contribution in [0.3, 0.4) is 0 Å². The SMILES string of the molecule is CCCCS(=O)(=O)N1CCC(N2C(=O)CSC2=O)CC1. The average Bonchev–Trinajstić information content (AvgIpc) is 2.76. The number of thioether (sulfide) groups is 1. The van der Waals surface area contributed by atoms with Crippen LogP contribution in [0, 0.1) is 0 Å². The van der Waals surface area contributed by atoms with Gasteiger partial charge in [0.25, 0.3) is 5.24 Å². The minimum absolute atomic E-state index is 0.136. The highest BCUT2D eigenvalue weighted by Crippen LogP contribution is 2.27. The monoisotopic (exact) mass is 320 g/mol. The molecule has 2 amide bonds. The van der Waals surface area contributed by atoms with Crippen molar-refractivity contribution < 1.29 is 18.0 Å². The molecule has 2 heterocycles. The molecule has 0 aromatic rings. The predicted octanol–water partition coefficient (Wildman–Crippen LogP) is 1.28. The quantitative estimate of drug-likeness (QED) is 0.763. The summed E-state index contributed by atoms with van der Waals surface area (Å²) < 4.78 is 25.6. The fraction of sp³-hybridized carbons (Fsp3) is 0.833. The van der Waals surface area contributed by atoms with Crippen LogP contribution >= 0.6 is 11.8 Å². The first-order chi connectivity index (χ1) is 9.45. The van der Waals surface area contributed by atoms with Crippen molar-refractivity contribution in [2.45, 2.75) is 38.6 Å². The van der Waals surface area contributed by atoms with E-state index in [1.807, 2.05) is 6.92 Å². The standard InChI is InChI=1S/C12H20N2O4S2/c1-2-3-8-20(17,18)13-6-4-10(5-7-13)14-11(15)9-19-12(14)16/h10H,2-9H2,1H3. The number of piperidine rings is 1. The molecule has 0 radical (unpaired) electrons. The normalized spacial score (nSPS) is 22.8. The first kappa shape index (κ1) is 15.8. The van der Waals surface area contributed by atoms with Crippen LogP contribution in [-0.2, 0) is 14.8 Å². The van der Waals surface area contributed by atoms with Crippen LogP contribution in [0.1, 0.15) is 32.6 Å². The fourth-order valence-electron chi connectivity index (χ4n) is 2.55. The van der Waals surface area contributed by atoms with Crippen molar-refractivity contribution >= 4 is 32.9 Å². The minimum Gasteiger partial charge on any atom is -0.273 e. The van der Waals surface area contributed by atoms with Gasteiger partial charge in [-0.15, -0.1) is 0 Å². The number of sulfonamides is 1. The molecule has 114 valence electrons. The van der Waals surface area contributed by atoms with Gasteiger partial charge in [-0.2, -0.15) is 0 Å². The molecule has 6 nitrogen and oxygen atoms in total. The van der Waals surface area contributed by atoms with Gasteiger partial charge in [0, 0.05) is 19.1 Å². The van der Waals surface area contributed by atoms with E-state index < -0.39 is 10.0 Å². The maximum absolute atomic E-state index is 12.1. The Balaban J connectivity index is 1.92. The van der Waals surface area contributed by atoms with Gasteiger partial charge in [0.1, 0.15) is 0 Å². The second kappa shape index (κ2) is 6.44. The average molecular weight is 320 g/mol. The summed E-state index contributed by atoms with van der Waals surface area (Å²) in [5, 5.41) is -0.192. The van der Waals surface area contributed by atoms with Gasteiger partial charge < -0.3 is 0 Å². The Labute approximate surface area is 123 Å². The number of carbonyl (C=O) groups is 2. The third-order valence-electron chi connectivity index (χ3n) is 3.72. The Morgan fingerprint density at radius 2 is 1.90 bits per heavy atom. The van der Waals surface area contributed by atoms with Gasteiger partial charge in [0.2, 0.25) is 15.9 Å². The number of amides is 2. The van der Waals surface area contributed by atoms with Crippen LogP contribution in [-0.4, -0.2) is 59.4 Å². The molecule has 0 aliphatic carbocycles. The lowest BCUT2D eigenvalue weighted by atomic mass is 10.1. The van der Waals surface area contributed by atoms with E-state index >= 15 is 0 Å². The maximum atomic E-state index is 12.1. The lowest BCUT2D eigenvalue weighted by molar-refractivity contribution is -0.126. The molecule has 2 aliphatic rings. The van der Waals surface area contributed by atoms with E-state index in [9.17, 15) is 18.0 Å². The summed E-state index contributed by atoms with van der Waals surface area (Å²) in [6, 6.07) is -0.136. The minimum atomic E-state index is -3.18. The zero-order valence-electron chi connectivity index (χ0n) is 11.6. The molecule has 0 saturated carbocycles. The summed E-state index contributed by atoms with van der Waals surface area (Å²) in [7, 11) is -3.18. The Kier molecular flexibility index (Phi) is 5.09. The van der Waals surface area contributed by atoms with E-state index in [4.69, 9.17) is 0 Å². The molecule has 0 atom stereocenters. The van der Waals surface area contributed by atoms with Crippen molar-refractivity contribution in [3.8, 4) is 0 Å². The first-order valence-corrected chi connectivity index (χ1v) is 9.52. The van der Waals surface area contributed by atoms with E-state index in [0.29, 0.717) is 32.4 Å². The topological polar surface area (TPSA) is 74.8 Å². The Hall–Kier alpha value is -0.600. The lowest BCUT2D eigenvalue weighted by Gasteiger charge is -2.34. The molecule has 0 unspecified atom stereocenters. The van der Waals surface area contributed by atoms with Crippen LogP contribution in [0.25, 0.3) is 0 Å². The molecular weight excluding hydrogens is 300 g/mol. The lowest BCUT2D eigenvalue weighted by Crippen LogP contribution is -2.48. The summed E-state index contributed by atoms with van der Waals surface area (Å²) in [5.41, 5.74) is 0. The van der Waals surface area contributed by atoms with Crippen molar-refractivity contribution in [1.29, 1.82) is 0 Å². The van der Waals surface area contributed by atoms with Crippen LogP contribution in [0.5, 0.6) is 0 Å². The van der Waals surface area contributed by atoms with Crippen LogP contribution in [0.15, 0.2) is 0 Å². The molecular formula is C12H20N2O4S2. The second-order valence-corrected chi connectivity index (χ2v) is 8.13. The molecule has 2 aliphatic heterocycles. The molecule has 0 spiro atoms. The van der Waals surface area contributed by atoms with Crippen LogP contribution in [0.2, 0.25) is 0 Å². The Morgan fingerprint density at radius 1 is 1.25 bits per heavy atom. The summed E-state index contributed by atoms with van der Waals surface area (Å²) in [6.07, 6.45) is 2.61. The summed E-state index contributed by atoms with van der Waals surface area (Å²) in [5.74, 6) is 0.256. The molecule has 2 rings (SSSR count). The van der Waals surface area contributed by atoms with Gasteiger partial charge in [-0.25, -0.2) is 12.7 Å². The number of hydrogen-bond acceptors (Lipinski definition) is 5. The van der Waals surface area contributed by atoms with Crippen molar-refractivity contribution in [3.05, 3.63) is 0 Å². The molecule has 0 aromatic carbocycles. The summed E-state index contributed by atoms with van der Waals surface area (Å²) >= 11 is 1.03. The largest absolute Gasteiger partial charge is 0.289 e. The molecule has 2 saturated heterocycles. The first-order valence-electron chi connectivity index (χ1n) is 6.92. The summed E-state index contributed by atoms with van der Waals surface area (Å²) in [4.78, 5) is 24.6. The number of nitrogens with zero attached hydrogens (tertiary/aromatic N) is 2. The zero-order chi connectivity index (χ0) is 14.8. The van der Waals surface area contributed by atoms with Gasteiger partial charge in [0.15, 0.2) is 0 Å². The summed E-state index contributed by atoms with van der Waals surface area (Å²) in [6.45, 7) is 2.76. The van der Waals surface area contributed by atoms with Crippen molar-refractivity contribution in [1.82, 2.24) is 9.21 Å². The van der Waals surface area contributed by atoms with Gasteiger partial charge in [-0.1, -0.05) is 25.1 Å². The predicted molar refractivity (Wildman–Crippen MR) is 78.0 cm³/mol. The van der Waals surface area contributed by atoms with Crippen molar-refractivity contribution in [2.75, 3.05) is 24.6 Å². The van der Waals surface area contributed by atoms with Crippen molar-refractivity contribution in [2.24, 2.45) is 0 Å². The highest BCUT2D eigenvalue weighted by molar-refractivity contribution is 8.14. The number of unbranched alkanes of at least 4 members (excludes halogenated alkanes) is 1. The Bertz CT molecular complexity index is 468. The van der Waals surface area contributed by atoms with Crippen molar-refractivity contribution in [3.63, 3.8) is 0 Å². The van der Waals surface area contributed by atoms with Gasteiger partial charge in [-0.05, 0) is 19.3 Å². The number of rotatable bonds is 5. The van der Waals surface area contributed by atoms with E-state index in [1.54, 1.807) is 0 Å². The van der Waals surface area contributed by atoms with E-state index in [-0.39, 0.29) is 28.7 Å². The third-order valence-corrected chi connectivity index (χ3v) is 6.51. The number of imide groups is 1. The van der Waals surface area contributed by atoms with E-state index in [1.165, 1.54) is 9.21 Å². The van der Waals surface area contributed by atoms with Crippen LogP contribution in [0.4, 0.5) is 4.79 Å². The molecule has 0 N–H and O–H groups in total.